The van der Waals surface area contributed by atoms with Crippen LogP contribution in [0.4, 0.5) is 4.39 Å². The third kappa shape index (κ3) is 2.07. The van der Waals surface area contributed by atoms with Gasteiger partial charge in [-0.05, 0) is 23.8 Å². The minimum Gasteiger partial charge on any atom is -0.478 e. The normalized spacial score (nSPS) is 12.5. The lowest BCUT2D eigenvalue weighted by Gasteiger charge is -2.11. The number of carboxylic acids is 1. The van der Waals surface area contributed by atoms with Gasteiger partial charge in [-0.2, -0.15) is 0 Å². The van der Waals surface area contributed by atoms with Crippen LogP contribution in [0.3, 0.4) is 0 Å². The summed E-state index contributed by atoms with van der Waals surface area (Å²) < 4.78 is 12.8. The lowest BCUT2D eigenvalue weighted by Crippen LogP contribution is -2.18. The molecule has 76 valence electrons. The smallest absolute Gasteiger partial charge is 0.336 e. The molecule has 0 spiro atoms. The highest BCUT2D eigenvalue weighted by atomic mass is 19.1. The molecule has 1 aromatic carbocycles. The molecule has 1 aromatic rings. The van der Waals surface area contributed by atoms with Gasteiger partial charge in [0.1, 0.15) is 5.82 Å². The number of halogens is 1. The first-order valence-electron chi connectivity index (χ1n) is 3.95. The fourth-order valence-electron chi connectivity index (χ4n) is 1.13. The highest BCUT2D eigenvalue weighted by molar-refractivity contribution is 5.89. The lowest BCUT2D eigenvalue weighted by atomic mass is 10.0. The summed E-state index contributed by atoms with van der Waals surface area (Å²) in [6.45, 7) is -0.427. The van der Waals surface area contributed by atoms with Crippen LogP contribution in [0.25, 0.3) is 0 Å². The van der Waals surface area contributed by atoms with Crippen LogP contribution >= 0.6 is 0 Å². The number of aliphatic hydroxyl groups excluding tert-OH is 1. The van der Waals surface area contributed by atoms with Crippen molar-refractivity contribution in [1.82, 2.24) is 0 Å². The van der Waals surface area contributed by atoms with Gasteiger partial charge in [-0.15, -0.1) is 0 Å². The summed E-state index contributed by atoms with van der Waals surface area (Å²) in [7, 11) is 0. The van der Waals surface area contributed by atoms with Crippen molar-refractivity contribution >= 4 is 5.97 Å². The maximum atomic E-state index is 12.8. The first-order valence-corrected chi connectivity index (χ1v) is 3.95. The summed E-state index contributed by atoms with van der Waals surface area (Å²) in [6, 6.07) is 2.31. The largest absolute Gasteiger partial charge is 0.478 e. The van der Waals surface area contributed by atoms with E-state index >= 15 is 0 Å². The van der Waals surface area contributed by atoms with Gasteiger partial charge < -0.3 is 15.9 Å². The zero-order valence-electron chi connectivity index (χ0n) is 7.27. The zero-order chi connectivity index (χ0) is 10.7. The summed E-state index contributed by atoms with van der Waals surface area (Å²) in [5.74, 6) is -1.77. The van der Waals surface area contributed by atoms with Gasteiger partial charge in [0.15, 0.2) is 0 Å². The molecule has 5 heteroatoms. The van der Waals surface area contributed by atoms with Gasteiger partial charge in [-0.25, -0.2) is 9.18 Å². The minimum absolute atomic E-state index is 0.0899. The molecule has 4 nitrogen and oxygen atoms in total. The minimum atomic E-state index is -1.19. The molecule has 0 saturated carbocycles. The molecule has 0 fully saturated rings. The number of hydrogen-bond acceptors (Lipinski definition) is 3. The van der Waals surface area contributed by atoms with E-state index in [0.717, 1.165) is 18.2 Å². The number of aliphatic hydroxyl groups is 1. The molecule has 0 aliphatic carbocycles. The van der Waals surface area contributed by atoms with Crippen molar-refractivity contribution in [2.75, 3.05) is 6.61 Å². The maximum absolute atomic E-state index is 12.8. The third-order valence-corrected chi connectivity index (χ3v) is 1.84. The molecule has 0 amide bonds. The predicted molar refractivity (Wildman–Crippen MR) is 47.4 cm³/mol. The second-order valence-electron chi connectivity index (χ2n) is 2.83. The Morgan fingerprint density at radius 2 is 2.21 bits per heavy atom. The highest BCUT2D eigenvalue weighted by Gasteiger charge is 2.15. The molecule has 1 atom stereocenters. The molecule has 0 aliphatic heterocycles. The molecule has 0 saturated heterocycles. The van der Waals surface area contributed by atoms with Gasteiger partial charge >= 0.3 is 5.97 Å². The number of carboxylic acid groups (broad SMARTS) is 1. The Bertz CT molecular complexity index is 354. The Kier molecular flexibility index (Phi) is 3.16. The van der Waals surface area contributed by atoms with Gasteiger partial charge in [-0.3, -0.25) is 0 Å². The van der Waals surface area contributed by atoms with Crippen LogP contribution in [-0.2, 0) is 0 Å². The van der Waals surface area contributed by atoms with Crippen molar-refractivity contribution in [3.8, 4) is 0 Å². The van der Waals surface area contributed by atoms with Gasteiger partial charge in [0.2, 0.25) is 0 Å². The molecular formula is C9H10FNO3. The molecule has 0 heterocycles. The van der Waals surface area contributed by atoms with E-state index in [9.17, 15) is 9.18 Å². The van der Waals surface area contributed by atoms with Crippen molar-refractivity contribution in [3.05, 3.63) is 35.1 Å². The second kappa shape index (κ2) is 4.17. The Balaban J connectivity index is 3.22. The highest BCUT2D eigenvalue weighted by Crippen LogP contribution is 2.17. The van der Waals surface area contributed by atoms with Gasteiger partial charge in [-0.1, -0.05) is 0 Å². The lowest BCUT2D eigenvalue weighted by molar-refractivity contribution is 0.0694. The monoisotopic (exact) mass is 199 g/mol. The predicted octanol–water partition coefficient (Wildman–Crippen LogP) is 0.516. The van der Waals surface area contributed by atoms with Gasteiger partial charge in [0.05, 0.1) is 18.2 Å². The molecule has 0 aliphatic rings. The van der Waals surface area contributed by atoms with Crippen LogP contribution in [0.1, 0.15) is 22.0 Å². The van der Waals surface area contributed by atoms with E-state index in [1.807, 2.05) is 0 Å². The van der Waals surface area contributed by atoms with Gasteiger partial charge in [0.25, 0.3) is 0 Å². The number of carbonyl (C=O) groups is 1. The van der Waals surface area contributed by atoms with Crippen molar-refractivity contribution < 1.29 is 19.4 Å². The van der Waals surface area contributed by atoms with Crippen LogP contribution in [0.15, 0.2) is 18.2 Å². The van der Waals surface area contributed by atoms with E-state index in [4.69, 9.17) is 15.9 Å². The van der Waals surface area contributed by atoms with Gasteiger partial charge in [0, 0.05) is 0 Å². The Labute approximate surface area is 79.8 Å². The van der Waals surface area contributed by atoms with E-state index in [1.54, 1.807) is 0 Å². The first kappa shape index (κ1) is 10.6. The van der Waals surface area contributed by atoms with Crippen molar-refractivity contribution in [3.63, 3.8) is 0 Å². The van der Waals surface area contributed by atoms with E-state index in [2.05, 4.69) is 0 Å². The average Bonchev–Trinajstić information content (AvgIpc) is 2.16. The standard InChI is InChI=1S/C9H10FNO3/c10-5-1-2-6(9(13)14)7(3-5)8(11)4-12/h1-3,8,12H,4,11H2,(H,13,14). The summed E-state index contributed by atoms with van der Waals surface area (Å²) in [5, 5.41) is 17.5. The molecule has 4 N–H and O–H groups in total. The van der Waals surface area contributed by atoms with Crippen LogP contribution in [0.5, 0.6) is 0 Å². The quantitative estimate of drug-likeness (QED) is 0.662. The second-order valence-corrected chi connectivity index (χ2v) is 2.83. The zero-order valence-corrected chi connectivity index (χ0v) is 7.27. The molecule has 1 unspecified atom stereocenters. The van der Waals surface area contributed by atoms with E-state index in [1.165, 1.54) is 0 Å². The van der Waals surface area contributed by atoms with E-state index in [-0.39, 0.29) is 11.1 Å². The maximum Gasteiger partial charge on any atom is 0.336 e. The Morgan fingerprint density at radius 3 is 2.71 bits per heavy atom. The molecule has 0 bridgehead atoms. The van der Waals surface area contributed by atoms with Crippen LogP contribution in [0.2, 0.25) is 0 Å². The van der Waals surface area contributed by atoms with Crippen molar-refractivity contribution in [2.24, 2.45) is 5.73 Å². The summed E-state index contributed by atoms with van der Waals surface area (Å²) in [5.41, 5.74) is 5.43. The van der Waals surface area contributed by atoms with Crippen LogP contribution < -0.4 is 5.73 Å². The van der Waals surface area contributed by atoms with Crippen LogP contribution in [0, 0.1) is 5.82 Å². The fourth-order valence-corrected chi connectivity index (χ4v) is 1.13. The Hall–Kier alpha value is -1.46. The first-order chi connectivity index (χ1) is 6.56. The van der Waals surface area contributed by atoms with E-state index < -0.39 is 24.4 Å². The molecule has 14 heavy (non-hydrogen) atoms. The third-order valence-electron chi connectivity index (χ3n) is 1.84. The summed E-state index contributed by atoms with van der Waals surface area (Å²) in [6.07, 6.45) is 0. The molecule has 0 radical (unpaired) electrons. The van der Waals surface area contributed by atoms with Crippen molar-refractivity contribution in [2.45, 2.75) is 6.04 Å². The average molecular weight is 199 g/mol. The SMILES string of the molecule is NC(CO)c1cc(F)ccc1C(=O)O. The molecule has 1 rings (SSSR count). The number of benzene rings is 1. The van der Waals surface area contributed by atoms with Crippen LogP contribution in [-0.4, -0.2) is 22.8 Å². The molecular weight excluding hydrogens is 189 g/mol. The Morgan fingerprint density at radius 1 is 1.57 bits per heavy atom. The fraction of sp³-hybridized carbons (Fsp3) is 0.222. The van der Waals surface area contributed by atoms with Crippen molar-refractivity contribution in [1.29, 1.82) is 0 Å². The number of aromatic carboxylic acids is 1. The summed E-state index contributed by atoms with van der Waals surface area (Å²) >= 11 is 0. The summed E-state index contributed by atoms with van der Waals surface area (Å²) in [4.78, 5) is 10.7. The topological polar surface area (TPSA) is 83.5 Å². The number of rotatable bonds is 3. The molecule has 0 aromatic heterocycles. The number of hydrogen-bond donors (Lipinski definition) is 3. The number of nitrogens with two attached hydrogens (primary N) is 1. The van der Waals surface area contributed by atoms with E-state index in [0.29, 0.717) is 0 Å².